The average Bonchev–Trinajstić information content (AvgIpc) is 2.52. The number of carbonyl (C=O) groups excluding carboxylic acids is 2. The van der Waals surface area contributed by atoms with Crippen molar-refractivity contribution < 1.29 is 32.8 Å². The zero-order chi connectivity index (χ0) is 21.1. The molecule has 0 radical (unpaired) electrons. The number of hydrogen-bond acceptors (Lipinski definition) is 5. The lowest BCUT2D eigenvalue weighted by Crippen LogP contribution is -2.36. The van der Waals surface area contributed by atoms with Crippen molar-refractivity contribution in [2.45, 2.75) is 65.1 Å². The number of fused-ring (bicyclic) bond motifs is 1. The third kappa shape index (κ3) is 6.58. The van der Waals surface area contributed by atoms with E-state index in [9.17, 15) is 23.4 Å². The van der Waals surface area contributed by atoms with Gasteiger partial charge in [-0.2, -0.15) is 0 Å². The van der Waals surface area contributed by atoms with Gasteiger partial charge in [-0.3, -0.25) is 4.79 Å². The normalized spacial score (nSPS) is 17.0. The summed E-state index contributed by atoms with van der Waals surface area (Å²) in [5.74, 6) is -4.69. The molecule has 0 fully saturated rings. The van der Waals surface area contributed by atoms with Crippen LogP contribution in [0.3, 0.4) is 0 Å². The van der Waals surface area contributed by atoms with Crippen LogP contribution in [0.15, 0.2) is 18.2 Å². The van der Waals surface area contributed by atoms with E-state index in [1.165, 1.54) is 0 Å². The predicted octanol–water partition coefficient (Wildman–Crippen LogP) is 4.07. The lowest BCUT2D eigenvalue weighted by Gasteiger charge is -2.28. The number of carbonyl (C=O) groups is 2. The van der Waals surface area contributed by atoms with E-state index in [1.54, 1.807) is 18.2 Å². The fourth-order valence-electron chi connectivity index (χ4n) is 3.06. The molecule has 1 atom stereocenters. The predicted molar refractivity (Wildman–Crippen MR) is 102 cm³/mol. The van der Waals surface area contributed by atoms with E-state index in [4.69, 9.17) is 9.39 Å². The Bertz CT molecular complexity index is 724. The van der Waals surface area contributed by atoms with Crippen LogP contribution in [0.2, 0.25) is 5.82 Å². The second-order valence-electron chi connectivity index (χ2n) is 8.70. The number of Topliss-reactive ketones (excluding diaryl/α,β-unsaturated/α-hetero) is 1. The van der Waals surface area contributed by atoms with E-state index in [1.807, 2.05) is 20.8 Å². The number of rotatable bonds is 7. The molecule has 8 heteroatoms. The summed E-state index contributed by atoms with van der Waals surface area (Å²) in [4.78, 5) is 24.2. The van der Waals surface area contributed by atoms with Crippen LogP contribution in [0.1, 0.15) is 62.9 Å². The lowest BCUT2D eigenvalue weighted by atomic mass is 9.64. The van der Waals surface area contributed by atoms with Crippen molar-refractivity contribution in [1.82, 2.24) is 0 Å². The van der Waals surface area contributed by atoms with E-state index in [-0.39, 0.29) is 36.2 Å². The number of hydrogen-bond donors (Lipinski definition) is 1. The van der Waals surface area contributed by atoms with E-state index in [2.05, 4.69) is 0 Å². The summed E-state index contributed by atoms with van der Waals surface area (Å²) in [6, 6.07) is 4.94. The molecule has 0 aliphatic carbocycles. The number of alkyl halides is 2. The summed E-state index contributed by atoms with van der Waals surface area (Å²) >= 11 is 0. The number of benzene rings is 1. The number of esters is 1. The number of halogens is 2. The first-order valence-electron chi connectivity index (χ1n) is 9.39. The molecule has 1 aromatic rings. The Morgan fingerprint density at radius 2 is 1.96 bits per heavy atom. The Morgan fingerprint density at radius 3 is 2.57 bits per heavy atom. The summed E-state index contributed by atoms with van der Waals surface area (Å²) in [6.45, 7) is 7.07. The minimum atomic E-state index is -3.08. The molecule has 28 heavy (non-hydrogen) atoms. The highest BCUT2D eigenvalue weighted by Crippen LogP contribution is 2.37. The van der Waals surface area contributed by atoms with Gasteiger partial charge in [-0.15, -0.1) is 0 Å². The van der Waals surface area contributed by atoms with Gasteiger partial charge in [-0.05, 0) is 36.8 Å². The van der Waals surface area contributed by atoms with Crippen LogP contribution in [0, 0.1) is 5.41 Å². The third-order valence-electron chi connectivity index (χ3n) is 4.52. The van der Waals surface area contributed by atoms with Gasteiger partial charge < -0.3 is 14.4 Å². The molecule has 0 unspecified atom stereocenters. The molecule has 0 saturated heterocycles. The van der Waals surface area contributed by atoms with Crippen molar-refractivity contribution in [3.63, 3.8) is 0 Å². The number of ether oxygens (including phenoxy) is 1. The highest BCUT2D eigenvalue weighted by molar-refractivity contribution is 6.47. The lowest BCUT2D eigenvalue weighted by molar-refractivity contribution is -0.125. The smallest absolute Gasteiger partial charge is 0.526 e. The van der Waals surface area contributed by atoms with Crippen molar-refractivity contribution in [3.05, 3.63) is 29.3 Å². The maximum atomic E-state index is 13.0. The maximum Gasteiger partial charge on any atom is 0.526 e. The van der Waals surface area contributed by atoms with Crippen molar-refractivity contribution in [3.8, 4) is 5.75 Å². The molecule has 1 aliphatic rings. The van der Waals surface area contributed by atoms with Gasteiger partial charge in [0.2, 0.25) is 0 Å². The molecule has 1 N–H and O–H groups in total. The first-order valence-corrected chi connectivity index (χ1v) is 9.39. The molecular weight excluding hydrogens is 369 g/mol. The van der Waals surface area contributed by atoms with Crippen molar-refractivity contribution in [2.24, 2.45) is 5.41 Å². The summed E-state index contributed by atoms with van der Waals surface area (Å²) in [5.41, 5.74) is 0.866. The van der Waals surface area contributed by atoms with Gasteiger partial charge in [-0.25, -0.2) is 13.6 Å². The van der Waals surface area contributed by atoms with E-state index in [0.29, 0.717) is 18.9 Å². The number of para-hydroxylation sites is 1. The van der Waals surface area contributed by atoms with E-state index < -0.39 is 37.0 Å². The van der Waals surface area contributed by atoms with Gasteiger partial charge in [0.15, 0.2) is 0 Å². The van der Waals surface area contributed by atoms with Crippen LogP contribution in [0.25, 0.3) is 0 Å². The van der Waals surface area contributed by atoms with Crippen LogP contribution in [0.4, 0.5) is 8.78 Å². The summed E-state index contributed by atoms with van der Waals surface area (Å²) in [7, 11) is -1.36. The Hall–Kier alpha value is -1.96. The molecule has 154 valence electrons. The van der Waals surface area contributed by atoms with Gasteiger partial charge in [0.05, 0.1) is 13.0 Å². The molecule has 0 bridgehead atoms. The van der Waals surface area contributed by atoms with Gasteiger partial charge in [0.25, 0.3) is 5.92 Å². The van der Waals surface area contributed by atoms with Crippen molar-refractivity contribution in [1.29, 1.82) is 0 Å². The zero-order valence-corrected chi connectivity index (χ0v) is 16.8. The minimum Gasteiger partial charge on any atom is -0.535 e. The highest BCUT2D eigenvalue weighted by atomic mass is 19.3. The van der Waals surface area contributed by atoms with Crippen LogP contribution in [0.5, 0.6) is 5.75 Å². The van der Waals surface area contributed by atoms with Crippen LogP contribution in [-0.2, 0) is 16.0 Å². The second kappa shape index (κ2) is 8.60. The van der Waals surface area contributed by atoms with Gasteiger partial charge >= 0.3 is 13.1 Å². The topological polar surface area (TPSA) is 72.8 Å². The third-order valence-corrected chi connectivity index (χ3v) is 4.52. The van der Waals surface area contributed by atoms with E-state index >= 15 is 0 Å². The molecule has 0 spiro atoms. The van der Waals surface area contributed by atoms with Crippen LogP contribution >= 0.6 is 0 Å². The SMILES string of the molecule is CC(C)(C)CCOC(=O)c1cccc2c1OB(O)[C@@H](CC(=O)CC(C)(F)F)C2. The monoisotopic (exact) mass is 396 g/mol. The molecule has 1 heterocycles. The number of ketones is 1. The Kier molecular flexibility index (Phi) is 6.86. The Balaban J connectivity index is 2.07. The summed E-state index contributed by atoms with van der Waals surface area (Å²) < 4.78 is 36.8. The van der Waals surface area contributed by atoms with Crippen molar-refractivity contribution in [2.75, 3.05) is 6.61 Å². The Labute approximate surface area is 164 Å². The molecule has 0 saturated carbocycles. The quantitative estimate of drug-likeness (QED) is 0.556. The van der Waals surface area contributed by atoms with Crippen LogP contribution < -0.4 is 4.65 Å². The summed E-state index contributed by atoms with van der Waals surface area (Å²) in [5, 5.41) is 10.2. The zero-order valence-electron chi connectivity index (χ0n) is 16.8. The first kappa shape index (κ1) is 22.3. The van der Waals surface area contributed by atoms with E-state index in [0.717, 1.165) is 0 Å². The Morgan fingerprint density at radius 1 is 1.29 bits per heavy atom. The average molecular weight is 396 g/mol. The molecule has 0 aromatic heterocycles. The van der Waals surface area contributed by atoms with Crippen LogP contribution in [-0.4, -0.2) is 36.4 Å². The second-order valence-corrected chi connectivity index (χ2v) is 8.70. The standard InChI is InChI=1S/C20H27BF2O5/c1-19(2,3)8-9-27-18(25)16-7-5-6-13-10-14(21(26)28-17(13)16)11-15(24)12-20(4,22)23/h5-7,14,26H,8-12H2,1-4H3/t14-/m1/s1. The maximum absolute atomic E-state index is 13.0. The molecular formula is C20H27BF2O5. The van der Waals surface area contributed by atoms with Gasteiger partial charge in [0.1, 0.15) is 17.1 Å². The molecule has 5 nitrogen and oxygen atoms in total. The largest absolute Gasteiger partial charge is 0.535 e. The fourth-order valence-corrected chi connectivity index (χ4v) is 3.06. The van der Waals surface area contributed by atoms with Gasteiger partial charge in [0, 0.05) is 12.2 Å². The van der Waals surface area contributed by atoms with Gasteiger partial charge in [-0.1, -0.05) is 32.9 Å². The molecule has 2 rings (SSSR count). The molecule has 1 aromatic carbocycles. The van der Waals surface area contributed by atoms with Crippen molar-refractivity contribution >= 4 is 18.9 Å². The highest BCUT2D eigenvalue weighted by Gasteiger charge is 2.39. The molecule has 1 aliphatic heterocycles. The molecule has 0 amide bonds. The first-order chi connectivity index (χ1) is 12.9. The summed E-state index contributed by atoms with van der Waals surface area (Å²) in [6.07, 6.45) is -0.141. The minimum absolute atomic E-state index is 0.0259. The fraction of sp³-hybridized carbons (Fsp3) is 0.600.